The number of anilines is 1. The van der Waals surface area contributed by atoms with Crippen molar-refractivity contribution in [3.05, 3.63) is 64.9 Å². The number of fused-ring (bicyclic) bond motifs is 1. The Morgan fingerprint density at radius 3 is 2.50 bits per heavy atom. The van der Waals surface area contributed by atoms with Crippen molar-refractivity contribution in [2.75, 3.05) is 24.5 Å². The maximum Gasteiger partial charge on any atom is 0.416 e. The Labute approximate surface area is 195 Å². The van der Waals surface area contributed by atoms with Crippen LogP contribution >= 0.6 is 11.6 Å². The second-order valence-electron chi connectivity index (χ2n) is 8.19. The topological polar surface area (TPSA) is 70.8 Å². The molecular formula is C23H17ClF5N5. The van der Waals surface area contributed by atoms with E-state index in [0.717, 1.165) is 24.3 Å². The van der Waals surface area contributed by atoms with Gasteiger partial charge in [-0.1, -0.05) is 11.6 Å². The summed E-state index contributed by atoms with van der Waals surface area (Å²) < 4.78 is 68.3. The second-order valence-corrected chi connectivity index (χ2v) is 8.62. The summed E-state index contributed by atoms with van der Waals surface area (Å²) in [5, 5.41) is -0.0779. The summed E-state index contributed by atoms with van der Waals surface area (Å²) in [7, 11) is 0. The van der Waals surface area contributed by atoms with Gasteiger partial charge in [0.2, 0.25) is 0 Å². The minimum absolute atomic E-state index is 0.0571. The van der Waals surface area contributed by atoms with E-state index in [2.05, 4.69) is 15.0 Å². The van der Waals surface area contributed by atoms with E-state index in [1.807, 2.05) is 4.90 Å². The number of pyridine rings is 1. The third-order valence-electron chi connectivity index (χ3n) is 5.82. The number of aromatic amines is 1. The van der Waals surface area contributed by atoms with Crippen molar-refractivity contribution in [3.8, 4) is 22.5 Å². The number of benzene rings is 2. The molecular weight excluding hydrogens is 477 g/mol. The molecule has 3 N–H and O–H groups in total. The molecule has 5 nitrogen and oxygen atoms in total. The van der Waals surface area contributed by atoms with Crippen molar-refractivity contribution in [1.82, 2.24) is 15.0 Å². The quantitative estimate of drug-likeness (QED) is 0.361. The van der Waals surface area contributed by atoms with Crippen molar-refractivity contribution in [1.29, 1.82) is 0 Å². The monoisotopic (exact) mass is 493 g/mol. The Kier molecular flexibility index (Phi) is 5.44. The van der Waals surface area contributed by atoms with E-state index in [1.165, 1.54) is 18.5 Å². The zero-order valence-corrected chi connectivity index (χ0v) is 18.2. The number of imidazole rings is 1. The molecule has 1 saturated heterocycles. The maximum absolute atomic E-state index is 14.3. The van der Waals surface area contributed by atoms with E-state index in [4.69, 9.17) is 17.3 Å². The van der Waals surface area contributed by atoms with E-state index < -0.39 is 23.4 Å². The zero-order valence-electron chi connectivity index (χ0n) is 17.4. The number of aromatic nitrogens is 3. The normalized spacial score (nSPS) is 14.6. The number of nitrogens with zero attached hydrogens (tertiary/aromatic N) is 3. The van der Waals surface area contributed by atoms with Gasteiger partial charge in [0.25, 0.3) is 0 Å². The van der Waals surface area contributed by atoms with Gasteiger partial charge in [0.1, 0.15) is 17.2 Å². The van der Waals surface area contributed by atoms with Crippen LogP contribution in [-0.2, 0) is 6.18 Å². The van der Waals surface area contributed by atoms with Gasteiger partial charge in [0, 0.05) is 48.1 Å². The molecule has 11 heteroatoms. The van der Waals surface area contributed by atoms with Gasteiger partial charge in [-0.25, -0.2) is 13.8 Å². The van der Waals surface area contributed by atoms with Crippen molar-refractivity contribution in [2.24, 2.45) is 11.7 Å². The van der Waals surface area contributed by atoms with Gasteiger partial charge >= 0.3 is 6.18 Å². The van der Waals surface area contributed by atoms with E-state index in [1.54, 1.807) is 0 Å². The summed E-state index contributed by atoms with van der Waals surface area (Å²) in [6.07, 6.45) is -1.66. The number of H-pyrrole nitrogens is 1. The largest absolute Gasteiger partial charge is 0.416 e. The fourth-order valence-electron chi connectivity index (χ4n) is 4.16. The van der Waals surface area contributed by atoms with Crippen LogP contribution in [-0.4, -0.2) is 34.6 Å². The first-order valence-electron chi connectivity index (χ1n) is 10.3. The predicted octanol–water partition coefficient (Wildman–Crippen LogP) is 5.64. The predicted molar refractivity (Wildman–Crippen MR) is 119 cm³/mol. The molecule has 2 aromatic carbocycles. The third-order valence-corrected chi connectivity index (χ3v) is 6.04. The summed E-state index contributed by atoms with van der Waals surface area (Å²) in [4.78, 5) is 13.3. The lowest BCUT2D eigenvalue weighted by molar-refractivity contribution is -0.137. The fraction of sp³-hybridized carbons (Fsp3) is 0.217. The molecule has 0 amide bonds. The molecule has 0 bridgehead atoms. The van der Waals surface area contributed by atoms with E-state index >= 15 is 0 Å². The highest BCUT2D eigenvalue weighted by Crippen LogP contribution is 2.43. The number of nitrogens with one attached hydrogen (secondary N) is 1. The number of rotatable bonds is 4. The van der Waals surface area contributed by atoms with E-state index in [9.17, 15) is 22.0 Å². The molecule has 4 aromatic rings. The fourth-order valence-corrected chi connectivity index (χ4v) is 4.39. The first kappa shape index (κ1) is 22.5. The Balaban J connectivity index is 1.72. The standard InChI is InChI=1S/C23H17ClF5N5/c24-14-2-12(1-13(3-14)23(27,28)29)16-7-31-8-17(21(16)34-9-11(6-30)10-34)22-32-19-5-15(25)4-18(26)20(19)33-22/h1-5,7-8,11H,6,9-10,30H2,(H,32,33). The lowest BCUT2D eigenvalue weighted by atomic mass is 9.94. The Morgan fingerprint density at radius 1 is 1.06 bits per heavy atom. The maximum atomic E-state index is 14.3. The van der Waals surface area contributed by atoms with Crippen LogP contribution in [0.5, 0.6) is 0 Å². The highest BCUT2D eigenvalue weighted by Gasteiger charge is 2.33. The van der Waals surface area contributed by atoms with Crippen molar-refractivity contribution < 1.29 is 22.0 Å². The van der Waals surface area contributed by atoms with Crippen LogP contribution in [0, 0.1) is 17.6 Å². The van der Waals surface area contributed by atoms with E-state index in [-0.39, 0.29) is 33.4 Å². The highest BCUT2D eigenvalue weighted by molar-refractivity contribution is 6.31. The minimum atomic E-state index is -4.59. The van der Waals surface area contributed by atoms with Gasteiger partial charge in [0.15, 0.2) is 5.82 Å². The molecule has 0 atom stereocenters. The molecule has 0 spiro atoms. The number of hydrogen-bond donors (Lipinski definition) is 2. The Hall–Kier alpha value is -3.24. The molecule has 0 radical (unpaired) electrons. The molecule has 3 heterocycles. The summed E-state index contributed by atoms with van der Waals surface area (Å²) >= 11 is 6.03. The smallest absolute Gasteiger partial charge is 0.370 e. The Bertz CT molecular complexity index is 1390. The lowest BCUT2D eigenvalue weighted by Gasteiger charge is -2.42. The molecule has 1 aliphatic rings. The van der Waals surface area contributed by atoms with Crippen LogP contribution in [0.1, 0.15) is 5.56 Å². The summed E-state index contributed by atoms with van der Waals surface area (Å²) in [5.74, 6) is -1.18. The number of halogens is 6. The van der Waals surface area contributed by atoms with Crippen LogP contribution in [0.15, 0.2) is 42.7 Å². The van der Waals surface area contributed by atoms with Crippen LogP contribution in [0.2, 0.25) is 5.02 Å². The average molecular weight is 494 g/mol. The van der Waals surface area contributed by atoms with Gasteiger partial charge < -0.3 is 15.6 Å². The molecule has 0 saturated carbocycles. The molecule has 176 valence electrons. The molecule has 5 rings (SSSR count). The van der Waals surface area contributed by atoms with Crippen LogP contribution in [0.3, 0.4) is 0 Å². The summed E-state index contributed by atoms with van der Waals surface area (Å²) in [6, 6.07) is 5.13. The summed E-state index contributed by atoms with van der Waals surface area (Å²) in [5.41, 5.74) is 6.55. The zero-order chi connectivity index (χ0) is 24.2. The Morgan fingerprint density at radius 2 is 1.79 bits per heavy atom. The molecule has 1 fully saturated rings. The van der Waals surface area contributed by atoms with Crippen LogP contribution in [0.25, 0.3) is 33.5 Å². The molecule has 0 unspecified atom stereocenters. The first-order valence-corrected chi connectivity index (χ1v) is 10.7. The van der Waals surface area contributed by atoms with Gasteiger partial charge in [0.05, 0.1) is 22.3 Å². The first-order chi connectivity index (χ1) is 16.1. The van der Waals surface area contributed by atoms with E-state index in [0.29, 0.717) is 36.4 Å². The van der Waals surface area contributed by atoms with Crippen molar-refractivity contribution >= 4 is 28.3 Å². The highest BCUT2D eigenvalue weighted by atomic mass is 35.5. The third kappa shape index (κ3) is 3.97. The van der Waals surface area contributed by atoms with Gasteiger partial charge in [-0.3, -0.25) is 4.98 Å². The SMILES string of the molecule is NCC1CN(c2c(-c3cc(Cl)cc(C(F)(F)F)c3)cncc2-c2nc3c(F)cc(F)cc3[nH]2)C1. The molecule has 34 heavy (non-hydrogen) atoms. The van der Waals surface area contributed by atoms with Gasteiger partial charge in [-0.2, -0.15) is 13.2 Å². The second kappa shape index (κ2) is 8.21. The average Bonchev–Trinajstić information content (AvgIpc) is 3.16. The minimum Gasteiger partial charge on any atom is -0.370 e. The van der Waals surface area contributed by atoms with Gasteiger partial charge in [-0.05, 0) is 36.4 Å². The lowest BCUT2D eigenvalue weighted by Crippen LogP contribution is -2.50. The number of hydrogen-bond acceptors (Lipinski definition) is 4. The number of nitrogens with two attached hydrogens (primary N) is 1. The number of alkyl halides is 3. The van der Waals surface area contributed by atoms with Crippen molar-refractivity contribution in [2.45, 2.75) is 6.18 Å². The van der Waals surface area contributed by atoms with Crippen LogP contribution in [0.4, 0.5) is 27.6 Å². The molecule has 0 aliphatic carbocycles. The van der Waals surface area contributed by atoms with Crippen LogP contribution < -0.4 is 10.6 Å². The van der Waals surface area contributed by atoms with Crippen molar-refractivity contribution in [3.63, 3.8) is 0 Å². The summed E-state index contributed by atoms with van der Waals surface area (Å²) in [6.45, 7) is 1.59. The van der Waals surface area contributed by atoms with Gasteiger partial charge in [-0.15, -0.1) is 0 Å². The molecule has 1 aliphatic heterocycles. The molecule has 2 aromatic heterocycles.